The molecule has 0 unspecified atom stereocenters. The summed E-state index contributed by atoms with van der Waals surface area (Å²) < 4.78 is 5.15. The van der Waals surface area contributed by atoms with Crippen molar-refractivity contribution in [2.75, 3.05) is 7.11 Å². The van der Waals surface area contributed by atoms with E-state index in [1.54, 1.807) is 7.11 Å². The van der Waals surface area contributed by atoms with Gasteiger partial charge in [-0.3, -0.25) is 9.89 Å². The van der Waals surface area contributed by atoms with E-state index in [0.717, 1.165) is 16.9 Å². The van der Waals surface area contributed by atoms with Crippen molar-refractivity contribution in [2.45, 2.75) is 45.6 Å². The summed E-state index contributed by atoms with van der Waals surface area (Å²) in [5.41, 5.74) is 3.48. The number of amides is 1. The number of aryl methyl sites for hydroxylation is 1. The van der Waals surface area contributed by atoms with E-state index in [1.807, 2.05) is 24.3 Å². The quantitative estimate of drug-likeness (QED) is 0.636. The van der Waals surface area contributed by atoms with Gasteiger partial charge in [0.2, 0.25) is 5.91 Å². The highest BCUT2D eigenvalue weighted by atomic mass is 16.5. The van der Waals surface area contributed by atoms with Crippen LogP contribution in [0, 0.1) is 0 Å². The molecule has 1 heterocycles. The lowest BCUT2D eigenvalue weighted by atomic mass is 9.86. The molecule has 0 aliphatic heterocycles. The minimum Gasteiger partial charge on any atom is -0.497 e. The molecule has 1 amide bonds. The van der Waals surface area contributed by atoms with Crippen LogP contribution in [0.1, 0.15) is 44.1 Å². The number of nitrogens with one attached hydrogen (secondary N) is 2. The van der Waals surface area contributed by atoms with E-state index in [9.17, 15) is 4.79 Å². The molecule has 0 saturated carbocycles. The Morgan fingerprint density at radius 3 is 2.38 bits per heavy atom. The number of ether oxygens (including phenoxy) is 1. The zero-order valence-corrected chi connectivity index (χ0v) is 17.5. The van der Waals surface area contributed by atoms with Crippen molar-refractivity contribution >= 4 is 5.91 Å². The molecule has 3 aromatic rings. The lowest BCUT2D eigenvalue weighted by Gasteiger charge is -2.19. The molecule has 6 nitrogen and oxygen atoms in total. The largest absolute Gasteiger partial charge is 0.497 e. The summed E-state index contributed by atoms with van der Waals surface area (Å²) in [6.45, 7) is 6.90. The highest BCUT2D eigenvalue weighted by molar-refractivity contribution is 5.76. The first-order chi connectivity index (χ1) is 13.8. The standard InChI is InChI=1S/C23H28N4O2/c1-23(2,3)18-10-5-16(6-11-18)7-14-21(28)24-15-20-25-22(27-26-20)17-8-12-19(29-4)13-9-17/h5-6,8-13H,7,14-15H2,1-4H3,(H,24,28)(H,25,26,27). The summed E-state index contributed by atoms with van der Waals surface area (Å²) in [7, 11) is 1.63. The number of hydrogen-bond donors (Lipinski definition) is 2. The number of aromatic nitrogens is 3. The van der Waals surface area contributed by atoms with Gasteiger partial charge in [0, 0.05) is 12.0 Å². The van der Waals surface area contributed by atoms with E-state index in [0.29, 0.717) is 31.0 Å². The van der Waals surface area contributed by atoms with Crippen LogP contribution in [0.4, 0.5) is 0 Å². The van der Waals surface area contributed by atoms with Gasteiger partial charge in [0.05, 0.1) is 13.7 Å². The monoisotopic (exact) mass is 392 g/mol. The van der Waals surface area contributed by atoms with Crippen LogP contribution in [0.25, 0.3) is 11.4 Å². The lowest BCUT2D eigenvalue weighted by Crippen LogP contribution is -2.23. The Morgan fingerprint density at radius 1 is 1.07 bits per heavy atom. The number of H-pyrrole nitrogens is 1. The van der Waals surface area contributed by atoms with Crippen molar-refractivity contribution in [2.24, 2.45) is 0 Å². The topological polar surface area (TPSA) is 79.9 Å². The molecule has 0 saturated heterocycles. The fourth-order valence-electron chi connectivity index (χ4n) is 2.94. The zero-order valence-electron chi connectivity index (χ0n) is 17.5. The second-order valence-corrected chi connectivity index (χ2v) is 8.06. The van der Waals surface area contributed by atoms with Gasteiger partial charge >= 0.3 is 0 Å². The average Bonchev–Trinajstić information content (AvgIpc) is 3.19. The van der Waals surface area contributed by atoms with E-state index < -0.39 is 0 Å². The minimum atomic E-state index is -0.00713. The van der Waals surface area contributed by atoms with Crippen LogP contribution in [-0.2, 0) is 23.2 Å². The number of methoxy groups -OCH3 is 1. The predicted molar refractivity (Wildman–Crippen MR) is 114 cm³/mol. The van der Waals surface area contributed by atoms with Gasteiger partial charge in [-0.1, -0.05) is 45.0 Å². The molecule has 1 aromatic heterocycles. The van der Waals surface area contributed by atoms with Crippen LogP contribution in [-0.4, -0.2) is 28.2 Å². The Kier molecular flexibility index (Phi) is 6.32. The first kappa shape index (κ1) is 20.6. The molecule has 2 N–H and O–H groups in total. The average molecular weight is 393 g/mol. The van der Waals surface area contributed by atoms with Crippen molar-refractivity contribution in [1.29, 1.82) is 0 Å². The summed E-state index contributed by atoms with van der Waals surface area (Å²) >= 11 is 0. The third-order valence-corrected chi connectivity index (χ3v) is 4.79. The Hall–Kier alpha value is -3.15. The summed E-state index contributed by atoms with van der Waals surface area (Å²) in [5.74, 6) is 1.99. The number of rotatable bonds is 7. The number of carbonyl (C=O) groups excluding carboxylic acids is 1. The number of carbonyl (C=O) groups is 1. The van der Waals surface area contributed by atoms with Gasteiger partial charge in [0.25, 0.3) is 0 Å². The molecule has 0 spiro atoms. The van der Waals surface area contributed by atoms with E-state index in [4.69, 9.17) is 4.74 Å². The van der Waals surface area contributed by atoms with Crippen LogP contribution in [0.5, 0.6) is 5.75 Å². The van der Waals surface area contributed by atoms with Crippen LogP contribution < -0.4 is 10.1 Å². The zero-order chi connectivity index (χ0) is 20.9. The third kappa shape index (κ3) is 5.67. The second-order valence-electron chi connectivity index (χ2n) is 8.06. The van der Waals surface area contributed by atoms with Gasteiger partial charge in [0.1, 0.15) is 11.6 Å². The van der Waals surface area contributed by atoms with Crippen LogP contribution in [0.2, 0.25) is 0 Å². The van der Waals surface area contributed by atoms with Crippen molar-refractivity contribution in [3.8, 4) is 17.1 Å². The van der Waals surface area contributed by atoms with Crippen LogP contribution >= 0.6 is 0 Å². The Morgan fingerprint density at radius 2 is 1.76 bits per heavy atom. The van der Waals surface area contributed by atoms with Gasteiger partial charge < -0.3 is 10.1 Å². The third-order valence-electron chi connectivity index (χ3n) is 4.79. The maximum absolute atomic E-state index is 12.2. The molecule has 2 aromatic carbocycles. The highest BCUT2D eigenvalue weighted by Gasteiger charge is 2.13. The fraction of sp³-hybridized carbons (Fsp3) is 0.348. The summed E-state index contributed by atoms with van der Waals surface area (Å²) in [4.78, 5) is 16.6. The number of hydrogen-bond acceptors (Lipinski definition) is 4. The van der Waals surface area contributed by atoms with Crippen molar-refractivity contribution in [3.63, 3.8) is 0 Å². The van der Waals surface area contributed by atoms with Gasteiger partial charge in [-0.2, -0.15) is 5.10 Å². The van der Waals surface area contributed by atoms with Gasteiger partial charge in [-0.15, -0.1) is 0 Å². The molecule has 0 aliphatic carbocycles. The predicted octanol–water partition coefficient (Wildman–Crippen LogP) is 4.03. The first-order valence-electron chi connectivity index (χ1n) is 9.77. The lowest BCUT2D eigenvalue weighted by molar-refractivity contribution is -0.121. The number of benzene rings is 2. The summed E-state index contributed by atoms with van der Waals surface area (Å²) in [5, 5.41) is 9.98. The Balaban J connectivity index is 1.47. The summed E-state index contributed by atoms with van der Waals surface area (Å²) in [6, 6.07) is 16.0. The highest BCUT2D eigenvalue weighted by Crippen LogP contribution is 2.22. The molecule has 152 valence electrons. The molecule has 0 radical (unpaired) electrons. The molecule has 6 heteroatoms. The molecule has 0 bridgehead atoms. The van der Waals surface area contributed by atoms with E-state index in [-0.39, 0.29) is 11.3 Å². The molecule has 29 heavy (non-hydrogen) atoms. The van der Waals surface area contributed by atoms with Crippen LogP contribution in [0.15, 0.2) is 48.5 Å². The van der Waals surface area contributed by atoms with Crippen molar-refractivity contribution in [1.82, 2.24) is 20.5 Å². The van der Waals surface area contributed by atoms with Crippen molar-refractivity contribution in [3.05, 3.63) is 65.5 Å². The SMILES string of the molecule is COc1ccc(-c2n[nH]c(CNC(=O)CCc3ccc(C(C)(C)C)cc3)n2)cc1. The number of aromatic amines is 1. The molecular formula is C23H28N4O2. The molecule has 3 rings (SSSR count). The van der Waals surface area contributed by atoms with Crippen LogP contribution in [0.3, 0.4) is 0 Å². The van der Waals surface area contributed by atoms with Gasteiger partial charge in [0.15, 0.2) is 5.82 Å². The Labute approximate surface area is 171 Å². The minimum absolute atomic E-state index is 0.00713. The van der Waals surface area contributed by atoms with E-state index in [1.165, 1.54) is 5.56 Å². The maximum Gasteiger partial charge on any atom is 0.220 e. The maximum atomic E-state index is 12.2. The smallest absolute Gasteiger partial charge is 0.220 e. The molecular weight excluding hydrogens is 364 g/mol. The number of nitrogens with zero attached hydrogens (tertiary/aromatic N) is 2. The molecule has 0 atom stereocenters. The normalized spacial score (nSPS) is 11.3. The first-order valence-corrected chi connectivity index (χ1v) is 9.77. The second kappa shape index (κ2) is 8.90. The van der Waals surface area contributed by atoms with E-state index in [2.05, 4.69) is 65.5 Å². The van der Waals surface area contributed by atoms with E-state index >= 15 is 0 Å². The Bertz CT molecular complexity index is 938. The molecule has 0 aliphatic rings. The summed E-state index contributed by atoms with van der Waals surface area (Å²) in [6.07, 6.45) is 1.15. The molecule has 0 fully saturated rings. The fourth-order valence-corrected chi connectivity index (χ4v) is 2.94. The van der Waals surface area contributed by atoms with Crippen molar-refractivity contribution < 1.29 is 9.53 Å². The van der Waals surface area contributed by atoms with Gasteiger partial charge in [-0.25, -0.2) is 4.98 Å². The van der Waals surface area contributed by atoms with Gasteiger partial charge in [-0.05, 0) is 47.2 Å².